The van der Waals surface area contributed by atoms with Crippen molar-refractivity contribution < 1.29 is 4.79 Å². The van der Waals surface area contributed by atoms with E-state index >= 15 is 0 Å². The molecule has 38 heavy (non-hydrogen) atoms. The molecule has 0 aromatic carbocycles. The van der Waals surface area contributed by atoms with Crippen molar-refractivity contribution in [2.45, 2.75) is 71.3 Å². The maximum Gasteiger partial charge on any atom is 0.170 e. The lowest BCUT2D eigenvalue weighted by atomic mass is 9.80. The first-order valence-electron chi connectivity index (χ1n) is 14.1. The summed E-state index contributed by atoms with van der Waals surface area (Å²) >= 11 is 7.12. The molecule has 0 bridgehead atoms. The van der Waals surface area contributed by atoms with E-state index in [0.717, 1.165) is 41.3 Å². The van der Waals surface area contributed by atoms with Crippen LogP contribution >= 0.6 is 11.6 Å². The summed E-state index contributed by atoms with van der Waals surface area (Å²) in [5.74, 6) is 2.79. The van der Waals surface area contributed by atoms with Gasteiger partial charge in [-0.05, 0) is 98.0 Å². The maximum atomic E-state index is 12.6. The van der Waals surface area contributed by atoms with E-state index in [1.54, 1.807) is 0 Å². The van der Waals surface area contributed by atoms with E-state index in [2.05, 4.69) is 43.6 Å². The summed E-state index contributed by atoms with van der Waals surface area (Å²) in [7, 11) is 1.92. The van der Waals surface area contributed by atoms with Crippen LogP contribution in [0.15, 0.2) is 82.2 Å². The molecule has 200 valence electrons. The van der Waals surface area contributed by atoms with E-state index in [-0.39, 0.29) is 5.78 Å². The SMILES string of the molecule is C=C(CC=C1CC=CC(CC)=C(Cl)C1=C(C)C1CCC2C(N)C2C1)Cc1cnc2c(c1)C(=O)CC=CN2C. The number of hydrogen-bond donors (Lipinski definition) is 1. The smallest absolute Gasteiger partial charge is 0.170 e. The second-order valence-electron chi connectivity index (χ2n) is 11.5. The van der Waals surface area contributed by atoms with Crippen LogP contribution in [0.2, 0.25) is 0 Å². The summed E-state index contributed by atoms with van der Waals surface area (Å²) in [6, 6.07) is 2.39. The number of pyridine rings is 1. The molecule has 1 aromatic heterocycles. The summed E-state index contributed by atoms with van der Waals surface area (Å²) in [5, 5.41) is 0.907. The van der Waals surface area contributed by atoms with E-state index in [0.29, 0.717) is 42.1 Å². The van der Waals surface area contributed by atoms with Gasteiger partial charge in [0.2, 0.25) is 0 Å². The Morgan fingerprint density at radius 1 is 1.26 bits per heavy atom. The van der Waals surface area contributed by atoms with E-state index in [1.165, 1.54) is 41.6 Å². The molecule has 1 aromatic rings. The van der Waals surface area contributed by atoms with Gasteiger partial charge in [0.15, 0.2) is 5.78 Å². The highest BCUT2D eigenvalue weighted by Gasteiger charge is 2.50. The molecule has 4 atom stereocenters. The number of allylic oxidation sites excluding steroid dienone is 10. The van der Waals surface area contributed by atoms with Gasteiger partial charge >= 0.3 is 0 Å². The van der Waals surface area contributed by atoms with Gasteiger partial charge in [0.1, 0.15) is 5.82 Å². The van der Waals surface area contributed by atoms with Crippen LogP contribution in [0.3, 0.4) is 0 Å². The van der Waals surface area contributed by atoms with Crippen LogP contribution in [-0.2, 0) is 6.42 Å². The zero-order valence-electron chi connectivity index (χ0n) is 23.0. The van der Waals surface area contributed by atoms with Crippen molar-refractivity contribution in [2.75, 3.05) is 11.9 Å². The second kappa shape index (κ2) is 11.2. The Balaban J connectivity index is 1.37. The molecular formula is C33H40ClN3O. The van der Waals surface area contributed by atoms with E-state index in [9.17, 15) is 4.79 Å². The van der Waals surface area contributed by atoms with Crippen LogP contribution in [0.4, 0.5) is 5.82 Å². The number of halogens is 1. The van der Waals surface area contributed by atoms with Crippen molar-refractivity contribution in [3.63, 3.8) is 0 Å². The third-order valence-corrected chi connectivity index (χ3v) is 9.38. The minimum atomic E-state index is 0.104. The number of rotatable bonds is 6. The molecule has 5 rings (SSSR count). The molecule has 0 spiro atoms. The Bertz CT molecular complexity index is 1300. The largest absolute Gasteiger partial charge is 0.336 e. The number of nitrogens with two attached hydrogens (primary N) is 1. The van der Waals surface area contributed by atoms with E-state index in [4.69, 9.17) is 17.3 Å². The lowest BCUT2D eigenvalue weighted by Crippen LogP contribution is -2.13. The number of hydrogen-bond acceptors (Lipinski definition) is 4. The third kappa shape index (κ3) is 5.39. The molecule has 3 aliphatic carbocycles. The summed E-state index contributed by atoms with van der Waals surface area (Å²) in [4.78, 5) is 19.1. The molecule has 2 saturated carbocycles. The first-order chi connectivity index (χ1) is 18.3. The Hall–Kier alpha value is -2.69. The van der Waals surface area contributed by atoms with Gasteiger partial charge in [0, 0.05) is 31.9 Å². The van der Waals surface area contributed by atoms with Gasteiger partial charge in [-0.1, -0.05) is 60.6 Å². The summed E-state index contributed by atoms with van der Waals surface area (Å²) in [5.41, 5.74) is 14.3. The first-order valence-corrected chi connectivity index (χ1v) is 14.5. The molecule has 4 unspecified atom stereocenters. The predicted octanol–water partition coefficient (Wildman–Crippen LogP) is 7.59. The topological polar surface area (TPSA) is 59.2 Å². The zero-order chi connectivity index (χ0) is 27.0. The number of anilines is 1. The van der Waals surface area contributed by atoms with Crippen LogP contribution in [0, 0.1) is 17.8 Å². The van der Waals surface area contributed by atoms with Gasteiger partial charge < -0.3 is 10.6 Å². The van der Waals surface area contributed by atoms with Gasteiger partial charge in [-0.3, -0.25) is 4.79 Å². The highest BCUT2D eigenvalue weighted by atomic mass is 35.5. The first kappa shape index (κ1) is 26.9. The van der Waals surface area contributed by atoms with Crippen LogP contribution in [0.5, 0.6) is 0 Å². The van der Waals surface area contributed by atoms with Crippen molar-refractivity contribution in [1.82, 2.24) is 4.98 Å². The van der Waals surface area contributed by atoms with E-state index < -0.39 is 0 Å². The number of nitrogens with zero attached hydrogens (tertiary/aromatic N) is 2. The highest BCUT2D eigenvalue weighted by molar-refractivity contribution is 6.33. The maximum absolute atomic E-state index is 12.6. The van der Waals surface area contributed by atoms with Crippen molar-refractivity contribution in [1.29, 1.82) is 0 Å². The Kier molecular flexibility index (Phi) is 7.93. The van der Waals surface area contributed by atoms with Crippen LogP contribution in [0.1, 0.15) is 74.7 Å². The van der Waals surface area contributed by atoms with Gasteiger partial charge in [-0.25, -0.2) is 4.98 Å². The zero-order valence-corrected chi connectivity index (χ0v) is 23.7. The Morgan fingerprint density at radius 3 is 2.84 bits per heavy atom. The molecule has 4 aliphatic rings. The Morgan fingerprint density at radius 2 is 2.08 bits per heavy atom. The lowest BCUT2D eigenvalue weighted by molar-refractivity contribution is 0.0996. The minimum Gasteiger partial charge on any atom is -0.336 e. The van der Waals surface area contributed by atoms with Crippen LogP contribution in [0.25, 0.3) is 0 Å². The third-order valence-electron chi connectivity index (χ3n) is 8.95. The summed E-state index contributed by atoms with van der Waals surface area (Å²) in [6.07, 6.45) is 19.7. The number of carbonyl (C=O) groups excluding carboxylic acids is 1. The number of ketones is 1. The predicted molar refractivity (Wildman–Crippen MR) is 158 cm³/mol. The highest BCUT2D eigenvalue weighted by Crippen LogP contribution is 2.53. The van der Waals surface area contributed by atoms with Crippen molar-refractivity contribution >= 4 is 23.2 Å². The molecule has 0 amide bonds. The van der Waals surface area contributed by atoms with Gasteiger partial charge in [0.25, 0.3) is 0 Å². The van der Waals surface area contributed by atoms with Crippen molar-refractivity contribution in [3.8, 4) is 0 Å². The normalized spacial score (nSPS) is 29.1. The molecule has 2 heterocycles. The van der Waals surface area contributed by atoms with Crippen LogP contribution in [-0.4, -0.2) is 23.9 Å². The molecular weight excluding hydrogens is 490 g/mol. The fourth-order valence-corrected chi connectivity index (χ4v) is 7.02. The molecule has 0 radical (unpaired) electrons. The van der Waals surface area contributed by atoms with Crippen molar-refractivity contribution in [2.24, 2.45) is 23.5 Å². The number of carbonyl (C=O) groups is 1. The van der Waals surface area contributed by atoms with Gasteiger partial charge in [-0.15, -0.1) is 0 Å². The Labute approximate surface area is 232 Å². The lowest BCUT2D eigenvalue weighted by Gasteiger charge is -2.26. The number of Topliss-reactive ketones (excluding diaryl/α,β-unsaturated/α-hetero) is 1. The molecule has 5 heteroatoms. The second-order valence-corrected chi connectivity index (χ2v) is 11.8. The molecule has 2 fully saturated rings. The summed E-state index contributed by atoms with van der Waals surface area (Å²) in [6.45, 7) is 8.85. The van der Waals surface area contributed by atoms with Gasteiger partial charge in [0.05, 0.1) is 10.6 Å². The fraction of sp³-hybridized carbons (Fsp3) is 0.455. The average Bonchev–Trinajstić information content (AvgIpc) is 3.62. The van der Waals surface area contributed by atoms with E-state index in [1.807, 2.05) is 36.5 Å². The standard InChI is InChI=1S/C33H40ClN3O/c1-5-23-8-6-9-24(30(31(23)34)21(3)25-13-14-26-27(18-25)32(26)35)12-11-20(2)16-22-17-28-29(38)10-7-15-37(4)33(28)36-19-22/h6-8,12,15,17,19,25-27,32H,2,5,9-11,13-14,16,18,35H2,1,3-4H3. The van der Waals surface area contributed by atoms with Crippen molar-refractivity contribution in [3.05, 3.63) is 93.4 Å². The molecule has 0 saturated heterocycles. The van der Waals surface area contributed by atoms with Gasteiger partial charge in [-0.2, -0.15) is 0 Å². The molecule has 2 N–H and O–H groups in total. The fourth-order valence-electron chi connectivity index (χ4n) is 6.55. The minimum absolute atomic E-state index is 0.104. The monoisotopic (exact) mass is 529 g/mol. The quantitative estimate of drug-likeness (QED) is 0.386. The summed E-state index contributed by atoms with van der Waals surface area (Å²) < 4.78 is 0. The average molecular weight is 530 g/mol. The molecule has 4 nitrogen and oxygen atoms in total. The molecule has 1 aliphatic heterocycles. The van der Waals surface area contributed by atoms with Crippen LogP contribution < -0.4 is 10.6 Å². The number of fused-ring (bicyclic) bond motifs is 2. The number of aromatic nitrogens is 1.